The lowest BCUT2D eigenvalue weighted by atomic mass is 9.95. The minimum Gasteiger partial charge on any atom is -0.424 e. The summed E-state index contributed by atoms with van der Waals surface area (Å²) in [4.78, 5) is 3.70. The summed E-state index contributed by atoms with van der Waals surface area (Å²) >= 11 is 0. The van der Waals surface area contributed by atoms with Gasteiger partial charge in [0.1, 0.15) is 0 Å². The molecule has 2 atom stereocenters. The van der Waals surface area contributed by atoms with Gasteiger partial charge in [-0.3, -0.25) is 4.90 Å². The van der Waals surface area contributed by atoms with E-state index in [9.17, 15) is 13.2 Å². The minimum atomic E-state index is -4.47. The highest BCUT2D eigenvalue weighted by Crippen LogP contribution is 2.29. The van der Waals surface area contributed by atoms with Crippen molar-refractivity contribution >= 4 is 8.80 Å². The van der Waals surface area contributed by atoms with E-state index in [1.54, 1.807) is 0 Å². The van der Waals surface area contributed by atoms with E-state index in [0.29, 0.717) is 19.6 Å². The van der Waals surface area contributed by atoms with E-state index in [0.717, 1.165) is 31.9 Å². The van der Waals surface area contributed by atoms with E-state index in [-0.39, 0.29) is 6.04 Å². The highest BCUT2D eigenvalue weighted by molar-refractivity contribution is 6.55. The number of nitrogens with zero attached hydrogens (tertiary/aromatic N) is 2. The molecule has 0 saturated carbocycles. The van der Waals surface area contributed by atoms with Gasteiger partial charge in [-0.15, -0.1) is 0 Å². The minimum absolute atomic E-state index is 0.144. The predicted molar refractivity (Wildman–Crippen MR) is 99.8 cm³/mol. The third-order valence-corrected chi connectivity index (χ3v) is 6.67. The zero-order chi connectivity index (χ0) is 18.6. The maximum Gasteiger partial charge on any atom is 0.479 e. The van der Waals surface area contributed by atoms with Crippen molar-refractivity contribution in [3.8, 4) is 0 Å². The Bertz CT molecular complexity index is 505. The van der Waals surface area contributed by atoms with Gasteiger partial charge in [0.05, 0.1) is 0 Å². The van der Waals surface area contributed by atoms with Gasteiger partial charge in [-0.1, -0.05) is 37.7 Å². The monoisotopic (exact) mass is 377 g/mol. The first-order chi connectivity index (χ1) is 11.7. The lowest BCUT2D eigenvalue weighted by Gasteiger charge is -2.43. The first-order valence-corrected chi connectivity index (χ1v) is 12.5. The molecular weight excluding hydrogens is 345 g/mol. The van der Waals surface area contributed by atoms with Crippen molar-refractivity contribution in [3.05, 3.63) is 23.3 Å². The molecule has 0 aromatic carbocycles. The Morgan fingerprint density at radius 1 is 1.32 bits per heavy atom. The quantitative estimate of drug-likeness (QED) is 0.526. The van der Waals surface area contributed by atoms with Crippen LogP contribution in [0.4, 0.5) is 13.2 Å². The summed E-state index contributed by atoms with van der Waals surface area (Å²) < 4.78 is 39.2. The Labute approximate surface area is 150 Å². The second-order valence-corrected chi connectivity index (χ2v) is 10.9. The van der Waals surface area contributed by atoms with Crippen molar-refractivity contribution in [2.45, 2.75) is 63.8 Å². The number of hydrogen-bond acceptors (Lipinski definition) is 2. The van der Waals surface area contributed by atoms with Crippen LogP contribution in [0.25, 0.3) is 0 Å². The third kappa shape index (κ3) is 5.67. The van der Waals surface area contributed by atoms with Crippen LogP contribution in [0.3, 0.4) is 0 Å². The number of hydrogen-bond donors (Lipinski definition) is 0. The molecule has 2 N–H and O–H groups in total. The molecule has 144 valence electrons. The summed E-state index contributed by atoms with van der Waals surface area (Å²) in [7, 11) is -1.01. The van der Waals surface area contributed by atoms with Gasteiger partial charge in [0.2, 0.25) is 0 Å². The molecule has 1 aliphatic heterocycles. The van der Waals surface area contributed by atoms with Crippen LogP contribution in [0.5, 0.6) is 0 Å². The Morgan fingerprint density at radius 3 is 2.64 bits per heavy atom. The smallest absolute Gasteiger partial charge is 0.424 e. The van der Waals surface area contributed by atoms with E-state index in [2.05, 4.69) is 37.1 Å². The van der Waals surface area contributed by atoms with Crippen molar-refractivity contribution < 1.29 is 18.3 Å². The summed E-state index contributed by atoms with van der Waals surface area (Å²) in [6.45, 7) is 8.98. The fourth-order valence-corrected chi connectivity index (χ4v) is 5.45. The first-order valence-electron chi connectivity index (χ1n) is 9.35. The molecule has 0 spiro atoms. The van der Waals surface area contributed by atoms with Crippen molar-refractivity contribution in [1.82, 2.24) is 9.80 Å². The van der Waals surface area contributed by atoms with Gasteiger partial charge < -0.3 is 5.11 Å². The van der Waals surface area contributed by atoms with Crippen LogP contribution in [0, 0.1) is 0 Å². The average Bonchev–Trinajstić information content (AvgIpc) is 2.53. The Hall–Kier alpha value is -0.633. The largest absolute Gasteiger partial charge is 0.479 e. The van der Waals surface area contributed by atoms with E-state index in [4.69, 9.17) is 5.11 Å². The molecule has 0 radical (unpaired) electrons. The number of piperazine rings is 1. The molecule has 1 aliphatic carbocycles. The summed E-state index contributed by atoms with van der Waals surface area (Å²) in [5, 5.41) is 7.65. The molecule has 0 aromatic rings. The Morgan fingerprint density at radius 2 is 2.04 bits per heavy atom. The maximum absolute atomic E-state index is 13.1. The van der Waals surface area contributed by atoms with Gasteiger partial charge in [-0.2, -0.15) is 13.2 Å². The Balaban J connectivity index is 2.08. The van der Waals surface area contributed by atoms with Gasteiger partial charge in [0, 0.05) is 41.0 Å². The van der Waals surface area contributed by atoms with Gasteiger partial charge in [0.25, 0.3) is 0 Å². The standard InChI is InChI=1S/C18H31F3N2OSi/c1-4-14-7-5-6-8-15(14)11-22-9-10-23(17(24)18(19,20)21)16(12-22)13-25(2)3/h5,7,16-17,24-25H,4,6,8-13H2,1-3H3/p+1. The molecular formula is C18H32F3N2OSi+. The lowest BCUT2D eigenvalue weighted by Crippen LogP contribution is -2.60. The van der Waals surface area contributed by atoms with Gasteiger partial charge in [-0.05, 0) is 30.9 Å². The van der Waals surface area contributed by atoms with E-state index < -0.39 is 21.2 Å². The molecule has 3 nitrogen and oxygen atoms in total. The van der Waals surface area contributed by atoms with Crippen LogP contribution < -0.4 is 0 Å². The SMILES string of the molecule is CCC1=C(CN2CCN(C([OH2+])C(F)(F)F)C(C[SiH](C)C)C2)CCC=C1. The molecule has 2 rings (SSSR count). The van der Waals surface area contributed by atoms with Crippen LogP contribution in [0.15, 0.2) is 23.3 Å². The summed E-state index contributed by atoms with van der Waals surface area (Å²) in [5.41, 5.74) is 2.83. The topological polar surface area (TPSA) is 29.4 Å². The fraction of sp³-hybridized carbons (Fsp3) is 0.778. The van der Waals surface area contributed by atoms with Crippen LogP contribution in [-0.4, -0.2) is 68.3 Å². The summed E-state index contributed by atoms with van der Waals surface area (Å²) in [6.07, 6.45) is 0.993. The molecule has 25 heavy (non-hydrogen) atoms. The predicted octanol–water partition coefficient (Wildman–Crippen LogP) is 3.13. The number of rotatable bonds is 6. The Kier molecular flexibility index (Phi) is 7.31. The van der Waals surface area contributed by atoms with Crippen LogP contribution in [0.1, 0.15) is 26.2 Å². The van der Waals surface area contributed by atoms with Gasteiger partial charge >= 0.3 is 12.4 Å². The van der Waals surface area contributed by atoms with Crippen LogP contribution in [-0.2, 0) is 0 Å². The zero-order valence-corrected chi connectivity index (χ0v) is 16.7. The first kappa shape index (κ1) is 20.7. The van der Waals surface area contributed by atoms with E-state index in [1.807, 2.05) is 0 Å². The fourth-order valence-electron chi connectivity index (χ4n) is 3.94. The second-order valence-electron chi connectivity index (χ2n) is 7.62. The molecule has 7 heteroatoms. The number of alkyl halides is 3. The summed E-state index contributed by atoms with van der Waals surface area (Å²) in [6, 6.07) is 0.691. The van der Waals surface area contributed by atoms with Crippen molar-refractivity contribution in [2.75, 3.05) is 26.2 Å². The van der Waals surface area contributed by atoms with Crippen LogP contribution in [0.2, 0.25) is 19.1 Å². The number of allylic oxidation sites excluding steroid dienone is 3. The number of halogens is 3. The van der Waals surface area contributed by atoms with E-state index in [1.165, 1.54) is 16.0 Å². The van der Waals surface area contributed by atoms with Crippen LogP contribution >= 0.6 is 0 Å². The summed E-state index contributed by atoms with van der Waals surface area (Å²) in [5.74, 6) is 0. The van der Waals surface area contributed by atoms with Crippen molar-refractivity contribution in [1.29, 1.82) is 0 Å². The van der Waals surface area contributed by atoms with Gasteiger partial charge in [0.15, 0.2) is 0 Å². The zero-order valence-electron chi connectivity index (χ0n) is 15.6. The van der Waals surface area contributed by atoms with E-state index >= 15 is 0 Å². The average molecular weight is 378 g/mol. The highest BCUT2D eigenvalue weighted by atomic mass is 28.3. The normalized spacial score (nSPS) is 25.0. The second kappa shape index (κ2) is 8.84. The molecule has 0 amide bonds. The highest BCUT2D eigenvalue weighted by Gasteiger charge is 2.50. The molecule has 2 aliphatic rings. The molecule has 1 saturated heterocycles. The molecule has 1 fully saturated rings. The molecule has 2 unspecified atom stereocenters. The molecule has 0 bridgehead atoms. The van der Waals surface area contributed by atoms with Crippen molar-refractivity contribution in [2.24, 2.45) is 0 Å². The van der Waals surface area contributed by atoms with Crippen molar-refractivity contribution in [3.63, 3.8) is 0 Å². The molecule has 1 heterocycles. The maximum atomic E-state index is 13.1. The third-order valence-electron chi connectivity index (χ3n) is 5.18. The van der Waals surface area contributed by atoms with Gasteiger partial charge in [-0.25, -0.2) is 4.90 Å². The lowest BCUT2D eigenvalue weighted by molar-refractivity contribution is -0.260. The molecule has 0 aromatic heterocycles.